The fourth-order valence-electron chi connectivity index (χ4n) is 3.78. The third-order valence-electron chi connectivity index (χ3n) is 5.44. The Balaban J connectivity index is 1.79. The average molecular weight is 377 g/mol. The fourth-order valence-corrected chi connectivity index (χ4v) is 3.78. The van der Waals surface area contributed by atoms with E-state index in [1.165, 1.54) is 11.1 Å². The molecule has 0 amide bonds. The fraction of sp³-hybridized carbons (Fsp3) is 0.375. The molecule has 1 aliphatic rings. The lowest BCUT2D eigenvalue weighted by Crippen LogP contribution is -2.17. The summed E-state index contributed by atoms with van der Waals surface area (Å²) in [5, 5.41) is 3.77. The number of oxime groups is 1. The summed E-state index contributed by atoms with van der Waals surface area (Å²) in [6.45, 7) is 7.99. The summed E-state index contributed by atoms with van der Waals surface area (Å²) in [6, 6.07) is 14.1. The van der Waals surface area contributed by atoms with Gasteiger partial charge in [0.15, 0.2) is 0 Å². The van der Waals surface area contributed by atoms with E-state index in [9.17, 15) is 9.59 Å². The van der Waals surface area contributed by atoms with Gasteiger partial charge in [-0.2, -0.15) is 0 Å². The Morgan fingerprint density at radius 1 is 1.00 bits per heavy atom. The first-order valence-electron chi connectivity index (χ1n) is 9.89. The molecule has 4 nitrogen and oxygen atoms in total. The second-order valence-electron chi connectivity index (χ2n) is 7.86. The third-order valence-corrected chi connectivity index (χ3v) is 5.44. The molecule has 0 saturated heterocycles. The van der Waals surface area contributed by atoms with Crippen molar-refractivity contribution < 1.29 is 14.4 Å². The van der Waals surface area contributed by atoms with Crippen LogP contribution in [-0.4, -0.2) is 17.5 Å². The molecular weight excluding hydrogens is 350 g/mol. The lowest BCUT2D eigenvalue weighted by Gasteiger charge is -2.21. The van der Waals surface area contributed by atoms with Gasteiger partial charge in [0.25, 0.3) is 0 Å². The zero-order valence-corrected chi connectivity index (χ0v) is 17.0. The molecule has 0 atom stereocenters. The topological polar surface area (TPSA) is 55.7 Å². The molecule has 2 aromatic carbocycles. The number of nitrogens with zero attached hydrogens (tertiary/aromatic N) is 1. The first-order valence-corrected chi connectivity index (χ1v) is 9.89. The molecule has 0 heterocycles. The Labute approximate surface area is 166 Å². The maximum absolute atomic E-state index is 12.8. The van der Waals surface area contributed by atoms with E-state index >= 15 is 0 Å². The minimum atomic E-state index is -0.397. The van der Waals surface area contributed by atoms with Gasteiger partial charge in [-0.25, -0.2) is 4.79 Å². The van der Waals surface area contributed by atoms with Gasteiger partial charge in [0.05, 0.1) is 0 Å². The lowest BCUT2D eigenvalue weighted by molar-refractivity contribution is -0.143. The van der Waals surface area contributed by atoms with Crippen LogP contribution in [0.15, 0.2) is 47.6 Å². The maximum atomic E-state index is 12.8. The third kappa shape index (κ3) is 3.77. The molecule has 0 fully saturated rings. The standard InChI is InChI=1S/C24H27NO3/c1-5-6-7-12-22(26)28-25-16(2)23(27)17-13-14-19-18-10-8-9-11-20(18)24(3,4)21(19)15-17/h8-11,13-15H,5-7,12H2,1-4H3/b25-16-. The van der Waals surface area contributed by atoms with Crippen molar-refractivity contribution in [2.24, 2.45) is 5.16 Å². The number of rotatable bonds is 7. The van der Waals surface area contributed by atoms with Crippen LogP contribution in [0.3, 0.4) is 0 Å². The van der Waals surface area contributed by atoms with Crippen LogP contribution in [0.5, 0.6) is 0 Å². The first kappa shape index (κ1) is 20.0. The zero-order chi connectivity index (χ0) is 20.3. The monoisotopic (exact) mass is 377 g/mol. The number of ketones is 1. The summed E-state index contributed by atoms with van der Waals surface area (Å²) in [5.41, 5.74) is 5.34. The van der Waals surface area contributed by atoms with Gasteiger partial charge < -0.3 is 4.84 Å². The van der Waals surface area contributed by atoms with E-state index in [0.717, 1.165) is 30.4 Å². The van der Waals surface area contributed by atoms with E-state index in [1.54, 1.807) is 6.92 Å². The normalized spacial score (nSPS) is 14.4. The molecule has 4 heteroatoms. The number of hydrogen-bond donors (Lipinski definition) is 0. The highest BCUT2D eigenvalue weighted by Gasteiger charge is 2.35. The van der Waals surface area contributed by atoms with E-state index in [-0.39, 0.29) is 16.9 Å². The van der Waals surface area contributed by atoms with Gasteiger partial charge in [-0.3, -0.25) is 4.79 Å². The zero-order valence-electron chi connectivity index (χ0n) is 17.0. The number of benzene rings is 2. The highest BCUT2D eigenvalue weighted by Crippen LogP contribution is 2.48. The Morgan fingerprint density at radius 2 is 1.71 bits per heavy atom. The molecule has 0 N–H and O–H groups in total. The molecule has 146 valence electrons. The summed E-state index contributed by atoms with van der Waals surface area (Å²) in [5.74, 6) is -0.623. The molecule has 0 bridgehead atoms. The number of hydrogen-bond acceptors (Lipinski definition) is 4. The molecule has 0 aromatic heterocycles. The largest absolute Gasteiger partial charge is 0.335 e. The second-order valence-corrected chi connectivity index (χ2v) is 7.86. The molecule has 0 unspecified atom stereocenters. The number of carbonyl (C=O) groups excluding carboxylic acids is 2. The van der Waals surface area contributed by atoms with Crippen LogP contribution < -0.4 is 0 Å². The Bertz CT molecular complexity index is 941. The van der Waals surface area contributed by atoms with Crippen molar-refractivity contribution in [2.45, 2.75) is 58.8 Å². The van der Waals surface area contributed by atoms with Gasteiger partial charge in [0, 0.05) is 17.4 Å². The van der Waals surface area contributed by atoms with Gasteiger partial charge >= 0.3 is 5.97 Å². The maximum Gasteiger partial charge on any atom is 0.335 e. The van der Waals surface area contributed by atoms with E-state index in [4.69, 9.17) is 4.84 Å². The van der Waals surface area contributed by atoms with Crippen molar-refractivity contribution in [1.82, 2.24) is 0 Å². The van der Waals surface area contributed by atoms with Crippen LogP contribution in [0, 0.1) is 0 Å². The SMILES string of the molecule is CCCCCC(=O)O/N=C(/C)C(=O)c1ccc2c(c1)C(C)(C)c1ccccc1-2. The van der Waals surface area contributed by atoms with E-state index < -0.39 is 5.97 Å². The van der Waals surface area contributed by atoms with E-state index in [0.29, 0.717) is 12.0 Å². The molecule has 2 aromatic rings. The smallest absolute Gasteiger partial charge is 0.318 e. The molecular formula is C24H27NO3. The quantitative estimate of drug-likeness (QED) is 0.205. The molecule has 3 rings (SSSR count). The Morgan fingerprint density at radius 3 is 2.46 bits per heavy atom. The average Bonchev–Trinajstić information content (AvgIpc) is 2.93. The Hall–Kier alpha value is -2.75. The van der Waals surface area contributed by atoms with Gasteiger partial charge in [-0.1, -0.05) is 75.2 Å². The molecule has 0 aliphatic heterocycles. The van der Waals surface area contributed by atoms with E-state index in [1.807, 2.05) is 30.3 Å². The van der Waals surface area contributed by atoms with Crippen LogP contribution in [0.4, 0.5) is 0 Å². The summed E-state index contributed by atoms with van der Waals surface area (Å²) >= 11 is 0. The highest BCUT2D eigenvalue weighted by atomic mass is 16.7. The predicted molar refractivity (Wildman–Crippen MR) is 112 cm³/mol. The van der Waals surface area contributed by atoms with Crippen molar-refractivity contribution in [3.63, 3.8) is 0 Å². The highest BCUT2D eigenvalue weighted by molar-refractivity contribution is 6.45. The number of unbranched alkanes of at least 4 members (excludes halogenated alkanes) is 2. The number of Topliss-reactive ketones (excluding diaryl/α,β-unsaturated/α-hetero) is 1. The summed E-state index contributed by atoms with van der Waals surface area (Å²) in [6.07, 6.45) is 3.11. The number of carbonyl (C=O) groups is 2. The van der Waals surface area contributed by atoms with Crippen LogP contribution in [0.1, 0.15) is 74.9 Å². The molecule has 0 radical (unpaired) electrons. The van der Waals surface area contributed by atoms with Gasteiger partial charge in [-0.15, -0.1) is 0 Å². The van der Waals surface area contributed by atoms with Crippen molar-refractivity contribution in [3.05, 3.63) is 59.2 Å². The minimum absolute atomic E-state index is 0.168. The number of fused-ring (bicyclic) bond motifs is 3. The van der Waals surface area contributed by atoms with Gasteiger partial charge in [0.1, 0.15) is 5.71 Å². The predicted octanol–water partition coefficient (Wildman–Crippen LogP) is 5.68. The molecule has 0 saturated carbocycles. The van der Waals surface area contributed by atoms with Crippen LogP contribution in [0.2, 0.25) is 0 Å². The van der Waals surface area contributed by atoms with Crippen molar-refractivity contribution in [3.8, 4) is 11.1 Å². The molecule has 0 spiro atoms. The van der Waals surface area contributed by atoms with Crippen LogP contribution >= 0.6 is 0 Å². The van der Waals surface area contributed by atoms with Crippen LogP contribution in [-0.2, 0) is 15.0 Å². The lowest BCUT2D eigenvalue weighted by atomic mass is 9.81. The molecule has 1 aliphatic carbocycles. The Kier molecular flexibility index (Phi) is 5.78. The first-order chi connectivity index (χ1) is 13.4. The van der Waals surface area contributed by atoms with Crippen LogP contribution in [0.25, 0.3) is 11.1 Å². The van der Waals surface area contributed by atoms with Crippen molar-refractivity contribution in [1.29, 1.82) is 0 Å². The minimum Gasteiger partial charge on any atom is -0.318 e. The van der Waals surface area contributed by atoms with Crippen molar-refractivity contribution >= 4 is 17.5 Å². The summed E-state index contributed by atoms with van der Waals surface area (Å²) in [4.78, 5) is 29.4. The molecule has 28 heavy (non-hydrogen) atoms. The second kappa shape index (κ2) is 8.09. The van der Waals surface area contributed by atoms with Gasteiger partial charge in [0.2, 0.25) is 5.78 Å². The summed E-state index contributed by atoms with van der Waals surface area (Å²) < 4.78 is 0. The summed E-state index contributed by atoms with van der Waals surface area (Å²) in [7, 11) is 0. The van der Waals surface area contributed by atoms with E-state index in [2.05, 4.69) is 38.1 Å². The van der Waals surface area contributed by atoms with Crippen molar-refractivity contribution in [2.75, 3.05) is 0 Å². The van der Waals surface area contributed by atoms with Gasteiger partial charge in [-0.05, 0) is 41.7 Å².